The number of rotatable bonds is 3. The third-order valence-corrected chi connectivity index (χ3v) is 5.63. The highest BCUT2D eigenvalue weighted by atomic mass is 35.5. The van der Waals surface area contributed by atoms with Gasteiger partial charge in [-0.25, -0.2) is 0 Å². The zero-order valence-corrected chi connectivity index (χ0v) is 13.5. The number of aliphatic hydroxyl groups is 1. The highest BCUT2D eigenvalue weighted by molar-refractivity contribution is 6.30. The summed E-state index contributed by atoms with van der Waals surface area (Å²) in [7, 11) is 2.18. The Morgan fingerprint density at radius 3 is 2.52 bits per heavy atom. The van der Waals surface area contributed by atoms with Crippen LogP contribution in [-0.2, 0) is 6.54 Å². The molecule has 2 aliphatic heterocycles. The van der Waals surface area contributed by atoms with Gasteiger partial charge in [0.1, 0.15) is 0 Å². The second-order valence-electron chi connectivity index (χ2n) is 6.84. The maximum Gasteiger partial charge on any atom is 0.0477 e. The molecule has 3 nitrogen and oxygen atoms in total. The lowest BCUT2D eigenvalue weighted by atomic mass is 9.71. The molecule has 0 amide bonds. The van der Waals surface area contributed by atoms with Crippen LogP contribution in [0, 0.1) is 11.3 Å². The van der Waals surface area contributed by atoms with Gasteiger partial charge in [-0.1, -0.05) is 23.7 Å². The van der Waals surface area contributed by atoms with Crippen molar-refractivity contribution in [3.63, 3.8) is 0 Å². The number of halogens is 1. The monoisotopic (exact) mass is 308 g/mol. The SMILES string of the molecule is CN1CC(CO)C2(CCN(Cc3ccc(Cl)cc3)CC2)C1. The molecular weight excluding hydrogens is 284 g/mol. The Labute approximate surface area is 132 Å². The van der Waals surface area contributed by atoms with Gasteiger partial charge >= 0.3 is 0 Å². The topological polar surface area (TPSA) is 26.7 Å². The highest BCUT2D eigenvalue weighted by Gasteiger charge is 2.46. The van der Waals surface area contributed by atoms with Crippen molar-refractivity contribution in [1.29, 1.82) is 0 Å². The van der Waals surface area contributed by atoms with Crippen molar-refractivity contribution < 1.29 is 5.11 Å². The van der Waals surface area contributed by atoms with E-state index in [1.165, 1.54) is 18.4 Å². The Kier molecular flexibility index (Phi) is 4.55. The molecule has 1 N–H and O–H groups in total. The van der Waals surface area contributed by atoms with Crippen LogP contribution < -0.4 is 0 Å². The summed E-state index contributed by atoms with van der Waals surface area (Å²) in [6.45, 7) is 5.80. The molecule has 1 spiro atoms. The molecular formula is C17H25ClN2O. The Hall–Kier alpha value is -0.610. The van der Waals surface area contributed by atoms with Crippen LogP contribution in [0.2, 0.25) is 5.02 Å². The van der Waals surface area contributed by atoms with Crippen LogP contribution >= 0.6 is 11.6 Å². The first-order chi connectivity index (χ1) is 10.1. The minimum absolute atomic E-state index is 0.335. The van der Waals surface area contributed by atoms with Gasteiger partial charge in [-0.2, -0.15) is 0 Å². The lowest BCUT2D eigenvalue weighted by Gasteiger charge is -2.42. The van der Waals surface area contributed by atoms with E-state index in [9.17, 15) is 5.11 Å². The summed E-state index contributed by atoms with van der Waals surface area (Å²) in [5.74, 6) is 0.459. The number of benzene rings is 1. The Morgan fingerprint density at radius 1 is 1.24 bits per heavy atom. The van der Waals surface area contributed by atoms with Gasteiger partial charge in [-0.3, -0.25) is 4.90 Å². The van der Waals surface area contributed by atoms with E-state index in [0.29, 0.717) is 17.9 Å². The van der Waals surface area contributed by atoms with E-state index in [0.717, 1.165) is 37.7 Å². The third-order valence-electron chi connectivity index (χ3n) is 5.37. The fraction of sp³-hybridized carbons (Fsp3) is 0.647. The van der Waals surface area contributed by atoms with Gasteiger partial charge < -0.3 is 10.0 Å². The number of nitrogens with zero attached hydrogens (tertiary/aromatic N) is 2. The van der Waals surface area contributed by atoms with Crippen LogP contribution in [0.1, 0.15) is 18.4 Å². The average molecular weight is 309 g/mol. The van der Waals surface area contributed by atoms with E-state index >= 15 is 0 Å². The van der Waals surface area contributed by atoms with Crippen molar-refractivity contribution in [2.75, 3.05) is 39.8 Å². The van der Waals surface area contributed by atoms with Gasteiger partial charge in [0, 0.05) is 37.2 Å². The van der Waals surface area contributed by atoms with Crippen molar-refractivity contribution in [2.24, 2.45) is 11.3 Å². The van der Waals surface area contributed by atoms with Crippen LogP contribution in [0.3, 0.4) is 0 Å². The summed E-state index contributed by atoms with van der Waals surface area (Å²) in [6.07, 6.45) is 2.41. The molecule has 2 aliphatic rings. The smallest absolute Gasteiger partial charge is 0.0477 e. The summed E-state index contributed by atoms with van der Waals surface area (Å²) in [6, 6.07) is 8.17. The highest BCUT2D eigenvalue weighted by Crippen LogP contribution is 2.44. The molecule has 1 atom stereocenters. The molecule has 4 heteroatoms. The quantitative estimate of drug-likeness (QED) is 0.929. The average Bonchev–Trinajstić information content (AvgIpc) is 2.80. The Balaban J connectivity index is 1.59. The number of aliphatic hydroxyl groups excluding tert-OH is 1. The number of hydrogen-bond acceptors (Lipinski definition) is 3. The fourth-order valence-electron chi connectivity index (χ4n) is 4.12. The van der Waals surface area contributed by atoms with E-state index < -0.39 is 0 Å². The molecule has 0 bridgehead atoms. The molecule has 2 saturated heterocycles. The molecule has 1 unspecified atom stereocenters. The standard InChI is InChI=1S/C17H25ClN2O/c1-19-11-15(12-21)17(13-19)6-8-20(9-7-17)10-14-2-4-16(18)5-3-14/h2-5,15,21H,6-13H2,1H3. The van der Waals surface area contributed by atoms with Crippen LogP contribution in [0.15, 0.2) is 24.3 Å². The van der Waals surface area contributed by atoms with E-state index in [4.69, 9.17) is 11.6 Å². The zero-order chi connectivity index (χ0) is 14.9. The third kappa shape index (κ3) is 3.26. The molecule has 0 aromatic heterocycles. The van der Waals surface area contributed by atoms with E-state index in [-0.39, 0.29) is 0 Å². The molecule has 2 heterocycles. The molecule has 21 heavy (non-hydrogen) atoms. The summed E-state index contributed by atoms with van der Waals surface area (Å²) >= 11 is 5.94. The molecule has 116 valence electrons. The molecule has 1 aromatic carbocycles. The Morgan fingerprint density at radius 2 is 1.90 bits per heavy atom. The largest absolute Gasteiger partial charge is 0.396 e. The summed E-state index contributed by atoms with van der Waals surface area (Å²) in [5.41, 5.74) is 1.68. The maximum absolute atomic E-state index is 9.68. The summed E-state index contributed by atoms with van der Waals surface area (Å²) < 4.78 is 0. The molecule has 3 rings (SSSR count). The zero-order valence-electron chi connectivity index (χ0n) is 12.8. The van der Waals surface area contributed by atoms with E-state index in [1.807, 2.05) is 12.1 Å². The summed E-state index contributed by atoms with van der Waals surface area (Å²) in [4.78, 5) is 4.91. The van der Waals surface area contributed by atoms with Gasteiger partial charge in [-0.15, -0.1) is 0 Å². The van der Waals surface area contributed by atoms with Gasteiger partial charge in [0.05, 0.1) is 0 Å². The van der Waals surface area contributed by atoms with Gasteiger partial charge in [-0.05, 0) is 56.1 Å². The minimum Gasteiger partial charge on any atom is -0.396 e. The first kappa shape index (κ1) is 15.3. The fourth-order valence-corrected chi connectivity index (χ4v) is 4.25. The predicted molar refractivity (Wildman–Crippen MR) is 86.5 cm³/mol. The molecule has 0 aliphatic carbocycles. The maximum atomic E-state index is 9.68. The minimum atomic E-state index is 0.335. The summed E-state index contributed by atoms with van der Waals surface area (Å²) in [5, 5.41) is 10.5. The van der Waals surface area contributed by atoms with Crippen LogP contribution in [0.25, 0.3) is 0 Å². The van der Waals surface area contributed by atoms with Gasteiger partial charge in [0.15, 0.2) is 0 Å². The first-order valence-electron chi connectivity index (χ1n) is 7.87. The van der Waals surface area contributed by atoms with Gasteiger partial charge in [0.25, 0.3) is 0 Å². The number of hydrogen-bond donors (Lipinski definition) is 1. The van der Waals surface area contributed by atoms with Gasteiger partial charge in [0.2, 0.25) is 0 Å². The molecule has 0 saturated carbocycles. The van der Waals surface area contributed by atoms with Crippen molar-refractivity contribution in [3.05, 3.63) is 34.9 Å². The number of likely N-dealkylation sites (tertiary alicyclic amines) is 2. The molecule has 2 fully saturated rings. The lowest BCUT2D eigenvalue weighted by molar-refractivity contribution is 0.0488. The second-order valence-corrected chi connectivity index (χ2v) is 7.28. The van der Waals surface area contributed by atoms with Crippen molar-refractivity contribution >= 4 is 11.6 Å². The predicted octanol–water partition coefficient (Wildman–Crippen LogP) is 2.48. The molecule has 0 radical (unpaired) electrons. The van der Waals surface area contributed by atoms with Crippen LogP contribution in [0.4, 0.5) is 0 Å². The lowest BCUT2D eigenvalue weighted by Crippen LogP contribution is -2.44. The Bertz CT molecular complexity index is 468. The second kappa shape index (κ2) is 6.25. The van der Waals surface area contributed by atoms with E-state index in [1.54, 1.807) is 0 Å². The number of piperidine rings is 1. The van der Waals surface area contributed by atoms with Crippen molar-refractivity contribution in [2.45, 2.75) is 19.4 Å². The van der Waals surface area contributed by atoms with E-state index in [2.05, 4.69) is 29.0 Å². The molecule has 1 aromatic rings. The van der Waals surface area contributed by atoms with Crippen molar-refractivity contribution in [1.82, 2.24) is 9.80 Å². The van der Waals surface area contributed by atoms with Crippen LogP contribution in [0.5, 0.6) is 0 Å². The van der Waals surface area contributed by atoms with Crippen molar-refractivity contribution in [3.8, 4) is 0 Å². The normalized spacial score (nSPS) is 26.5. The first-order valence-corrected chi connectivity index (χ1v) is 8.25. The van der Waals surface area contributed by atoms with Crippen LogP contribution in [-0.4, -0.2) is 54.7 Å².